The summed E-state index contributed by atoms with van der Waals surface area (Å²) in [5.41, 5.74) is 0.312. The van der Waals surface area contributed by atoms with Gasteiger partial charge in [0.05, 0.1) is 11.3 Å². The number of carbonyl (C=O) groups excluding carboxylic acids is 1. The number of sulfonamides is 1. The van der Waals surface area contributed by atoms with Gasteiger partial charge in [-0.15, -0.1) is 0 Å². The molecule has 1 fully saturated rings. The van der Waals surface area contributed by atoms with Gasteiger partial charge in [-0.2, -0.15) is 0 Å². The summed E-state index contributed by atoms with van der Waals surface area (Å²) in [5, 5.41) is 0.104. The van der Waals surface area contributed by atoms with Gasteiger partial charge in [-0.05, 0) is 49.6 Å². The number of piperidine rings is 1. The number of nitrogens with one attached hydrogen (secondary N) is 1. The molecule has 2 heterocycles. The highest BCUT2D eigenvalue weighted by molar-refractivity contribution is 7.92. The number of hydrogen-bond acceptors (Lipinski definition) is 4. The summed E-state index contributed by atoms with van der Waals surface area (Å²) < 4.78 is 27.9. The molecule has 2 aromatic rings. The molecule has 1 aliphatic heterocycles. The number of nitrogens with zero attached hydrogens (tertiary/aromatic N) is 2. The second-order valence-corrected chi connectivity index (χ2v) is 8.90. The van der Waals surface area contributed by atoms with Crippen molar-refractivity contribution in [1.82, 2.24) is 9.88 Å². The number of halogens is 3. The van der Waals surface area contributed by atoms with E-state index in [1.165, 1.54) is 24.3 Å². The number of aromatic nitrogens is 1. The second-order valence-electron chi connectivity index (χ2n) is 6.07. The van der Waals surface area contributed by atoms with Crippen LogP contribution in [0.15, 0.2) is 35.2 Å². The second kappa shape index (κ2) is 8.22. The summed E-state index contributed by atoms with van der Waals surface area (Å²) in [4.78, 5) is 18.1. The van der Waals surface area contributed by atoms with Crippen molar-refractivity contribution in [2.24, 2.45) is 0 Å². The Morgan fingerprint density at radius 1 is 1.04 bits per heavy atom. The van der Waals surface area contributed by atoms with Gasteiger partial charge in [0.25, 0.3) is 15.9 Å². The molecule has 0 bridgehead atoms. The monoisotopic (exact) mass is 447 g/mol. The van der Waals surface area contributed by atoms with Gasteiger partial charge in [0.2, 0.25) is 0 Å². The van der Waals surface area contributed by atoms with Crippen LogP contribution in [0, 0.1) is 0 Å². The number of anilines is 1. The Balaban J connectivity index is 1.96. The highest BCUT2D eigenvalue weighted by atomic mass is 35.5. The van der Waals surface area contributed by atoms with E-state index in [0.29, 0.717) is 18.1 Å². The zero-order valence-corrected chi connectivity index (χ0v) is 17.2. The van der Waals surface area contributed by atoms with E-state index in [9.17, 15) is 13.2 Å². The predicted octanol–water partition coefficient (Wildman–Crippen LogP) is 4.47. The number of benzene rings is 1. The molecule has 1 aromatic heterocycles. The van der Waals surface area contributed by atoms with E-state index < -0.39 is 10.0 Å². The molecular formula is C17H16Cl3N3O3S. The zero-order chi connectivity index (χ0) is 19.6. The highest BCUT2D eigenvalue weighted by Gasteiger charge is 2.25. The zero-order valence-electron chi connectivity index (χ0n) is 14.1. The Hall–Kier alpha value is -1.54. The van der Waals surface area contributed by atoms with Gasteiger partial charge in [0.1, 0.15) is 10.0 Å². The number of hydrogen-bond donors (Lipinski definition) is 1. The summed E-state index contributed by atoms with van der Waals surface area (Å²) in [5.74, 6) is -0.246. The molecule has 1 amide bonds. The molecule has 27 heavy (non-hydrogen) atoms. The average Bonchev–Trinajstić information content (AvgIpc) is 2.61. The van der Waals surface area contributed by atoms with Crippen LogP contribution in [0.2, 0.25) is 15.3 Å². The molecule has 1 aromatic carbocycles. The van der Waals surface area contributed by atoms with Gasteiger partial charge < -0.3 is 4.90 Å². The molecule has 1 aliphatic rings. The third kappa shape index (κ3) is 4.66. The Morgan fingerprint density at radius 3 is 2.41 bits per heavy atom. The molecule has 1 N–H and O–H groups in total. The first kappa shape index (κ1) is 20.2. The Labute approximate surface area is 172 Å². The molecule has 0 aliphatic carbocycles. The van der Waals surface area contributed by atoms with Crippen LogP contribution in [0.1, 0.15) is 29.6 Å². The van der Waals surface area contributed by atoms with Gasteiger partial charge in [-0.3, -0.25) is 9.52 Å². The minimum absolute atomic E-state index is 0.0719. The van der Waals surface area contributed by atoms with E-state index in [2.05, 4.69) is 9.71 Å². The lowest BCUT2D eigenvalue weighted by Crippen LogP contribution is -2.36. The minimum Gasteiger partial charge on any atom is -0.339 e. The lowest BCUT2D eigenvalue weighted by molar-refractivity contribution is 0.0725. The maximum absolute atomic E-state index is 12.9. The average molecular weight is 449 g/mol. The van der Waals surface area contributed by atoms with E-state index in [1.54, 1.807) is 11.0 Å². The maximum atomic E-state index is 12.9. The predicted molar refractivity (Wildman–Crippen MR) is 106 cm³/mol. The van der Waals surface area contributed by atoms with Crippen LogP contribution in [-0.2, 0) is 10.0 Å². The van der Waals surface area contributed by atoms with Gasteiger partial charge in [0.15, 0.2) is 5.15 Å². The van der Waals surface area contributed by atoms with Crippen LogP contribution >= 0.6 is 34.8 Å². The Morgan fingerprint density at radius 2 is 1.74 bits per heavy atom. The summed E-state index contributed by atoms with van der Waals surface area (Å²) >= 11 is 17.7. The van der Waals surface area contributed by atoms with E-state index in [0.717, 1.165) is 19.3 Å². The number of rotatable bonds is 4. The van der Waals surface area contributed by atoms with Crippen LogP contribution in [0.3, 0.4) is 0 Å². The van der Waals surface area contributed by atoms with Gasteiger partial charge in [-0.25, -0.2) is 13.4 Å². The molecule has 1 saturated heterocycles. The molecule has 0 unspecified atom stereocenters. The summed E-state index contributed by atoms with van der Waals surface area (Å²) in [7, 11) is -4.10. The molecule has 0 saturated carbocycles. The molecule has 0 radical (unpaired) electrons. The molecular weight excluding hydrogens is 433 g/mol. The van der Waals surface area contributed by atoms with Gasteiger partial charge in [0, 0.05) is 18.1 Å². The molecule has 10 heteroatoms. The Bertz CT molecular complexity index is 977. The van der Waals surface area contributed by atoms with Crippen molar-refractivity contribution in [3.63, 3.8) is 0 Å². The first-order valence-corrected chi connectivity index (χ1v) is 10.8. The van der Waals surface area contributed by atoms with Crippen molar-refractivity contribution >= 4 is 56.4 Å². The fraction of sp³-hybridized carbons (Fsp3) is 0.294. The van der Waals surface area contributed by atoms with Crippen LogP contribution < -0.4 is 4.72 Å². The van der Waals surface area contributed by atoms with Crippen molar-refractivity contribution in [3.8, 4) is 0 Å². The quantitative estimate of drug-likeness (QED) is 0.700. The number of amides is 1. The smallest absolute Gasteiger partial charge is 0.264 e. The maximum Gasteiger partial charge on any atom is 0.264 e. The van der Waals surface area contributed by atoms with Crippen molar-refractivity contribution < 1.29 is 13.2 Å². The lowest BCUT2D eigenvalue weighted by atomic mass is 10.1. The third-order valence-electron chi connectivity index (χ3n) is 4.17. The molecule has 0 spiro atoms. The molecule has 3 rings (SSSR count). The van der Waals surface area contributed by atoms with E-state index >= 15 is 0 Å². The van der Waals surface area contributed by atoms with Crippen molar-refractivity contribution in [2.45, 2.75) is 24.2 Å². The SMILES string of the molecule is O=C(c1ccc(Cl)cc1NS(=O)(=O)c1ccc(Cl)nc1Cl)N1CCCCC1. The first-order chi connectivity index (χ1) is 12.8. The first-order valence-electron chi connectivity index (χ1n) is 8.21. The summed E-state index contributed by atoms with van der Waals surface area (Å²) in [6.45, 7) is 1.28. The fourth-order valence-electron chi connectivity index (χ4n) is 2.85. The van der Waals surface area contributed by atoms with Crippen molar-refractivity contribution in [2.75, 3.05) is 17.8 Å². The molecule has 144 valence electrons. The highest BCUT2D eigenvalue weighted by Crippen LogP contribution is 2.28. The van der Waals surface area contributed by atoms with Crippen LogP contribution in [0.4, 0.5) is 5.69 Å². The van der Waals surface area contributed by atoms with Gasteiger partial charge in [-0.1, -0.05) is 34.8 Å². The number of pyridine rings is 1. The minimum atomic E-state index is -4.10. The standard InChI is InChI=1S/C17H16Cl3N3O3S/c18-11-4-5-12(17(24)23-8-2-1-3-9-23)13(10-11)22-27(25,26)14-6-7-15(19)21-16(14)20/h4-7,10,22H,1-3,8-9H2. The van der Waals surface area contributed by atoms with E-state index in [-0.39, 0.29) is 32.4 Å². The third-order valence-corrected chi connectivity index (χ3v) is 6.41. The van der Waals surface area contributed by atoms with E-state index in [1.807, 2.05) is 0 Å². The van der Waals surface area contributed by atoms with Crippen molar-refractivity contribution in [3.05, 3.63) is 51.2 Å². The van der Waals surface area contributed by atoms with Crippen molar-refractivity contribution in [1.29, 1.82) is 0 Å². The topological polar surface area (TPSA) is 79.4 Å². The summed E-state index contributed by atoms with van der Waals surface area (Å²) in [6, 6.07) is 7.02. The van der Waals surface area contributed by atoms with Crippen LogP contribution in [0.25, 0.3) is 0 Å². The lowest BCUT2D eigenvalue weighted by Gasteiger charge is -2.27. The molecule has 0 atom stereocenters. The number of likely N-dealkylation sites (tertiary alicyclic amines) is 1. The van der Waals surface area contributed by atoms with Gasteiger partial charge >= 0.3 is 0 Å². The normalized spacial score (nSPS) is 14.9. The Kier molecular flexibility index (Phi) is 6.15. The molecule has 6 nitrogen and oxygen atoms in total. The number of carbonyl (C=O) groups is 1. The van der Waals surface area contributed by atoms with Crippen LogP contribution in [0.5, 0.6) is 0 Å². The summed E-state index contributed by atoms with van der Waals surface area (Å²) in [6.07, 6.45) is 2.92. The largest absolute Gasteiger partial charge is 0.339 e. The van der Waals surface area contributed by atoms with E-state index in [4.69, 9.17) is 34.8 Å². The fourth-order valence-corrected chi connectivity index (χ4v) is 4.76. The van der Waals surface area contributed by atoms with Crippen LogP contribution in [-0.4, -0.2) is 37.3 Å².